The molecule has 1 heterocycles. The van der Waals surface area contributed by atoms with Crippen LogP contribution in [0, 0.1) is 0 Å². The predicted molar refractivity (Wildman–Crippen MR) is 53.1 cm³/mol. The quantitative estimate of drug-likeness (QED) is 0.673. The van der Waals surface area contributed by atoms with Gasteiger partial charge in [0, 0.05) is 13.7 Å². The molecule has 0 aromatic carbocycles. The van der Waals surface area contributed by atoms with Crippen LogP contribution >= 0.6 is 0 Å². The van der Waals surface area contributed by atoms with Gasteiger partial charge in [-0.25, -0.2) is 0 Å². The average Bonchev–Trinajstić information content (AvgIpc) is 2.26. The van der Waals surface area contributed by atoms with E-state index in [4.69, 9.17) is 9.47 Å². The molecule has 0 radical (unpaired) electrons. The molecular formula is C10H19NO3. The van der Waals surface area contributed by atoms with E-state index in [1.54, 1.807) is 14.0 Å². The topological polar surface area (TPSA) is 38.8 Å². The fourth-order valence-corrected chi connectivity index (χ4v) is 1.62. The van der Waals surface area contributed by atoms with Crippen LogP contribution in [0.3, 0.4) is 0 Å². The van der Waals surface area contributed by atoms with Gasteiger partial charge in [0.15, 0.2) is 0 Å². The minimum atomic E-state index is -0.345. The van der Waals surface area contributed by atoms with E-state index in [1.165, 1.54) is 0 Å². The summed E-state index contributed by atoms with van der Waals surface area (Å²) in [6.07, 6.45) is 0.587. The van der Waals surface area contributed by atoms with Gasteiger partial charge < -0.3 is 14.4 Å². The maximum Gasteiger partial charge on any atom is 0.251 e. The first-order valence-electron chi connectivity index (χ1n) is 5.11. The first-order valence-corrected chi connectivity index (χ1v) is 5.11. The zero-order valence-electron chi connectivity index (χ0n) is 9.16. The Hall–Kier alpha value is -0.610. The van der Waals surface area contributed by atoms with Crippen molar-refractivity contribution in [3.8, 4) is 0 Å². The molecule has 1 fully saturated rings. The summed E-state index contributed by atoms with van der Waals surface area (Å²) in [5.74, 6) is 0.0719. The van der Waals surface area contributed by atoms with Crippen LogP contribution in [-0.4, -0.2) is 49.8 Å². The first kappa shape index (κ1) is 11.5. The molecule has 0 aromatic rings. The van der Waals surface area contributed by atoms with E-state index in [2.05, 4.69) is 6.92 Å². The molecular weight excluding hydrogens is 182 g/mol. The lowest BCUT2D eigenvalue weighted by Gasteiger charge is -2.36. The van der Waals surface area contributed by atoms with Crippen molar-refractivity contribution in [1.29, 1.82) is 0 Å². The zero-order valence-corrected chi connectivity index (χ0v) is 9.16. The second-order valence-electron chi connectivity index (χ2n) is 3.55. The van der Waals surface area contributed by atoms with Gasteiger partial charge in [-0.15, -0.1) is 0 Å². The van der Waals surface area contributed by atoms with E-state index in [0.717, 1.165) is 6.42 Å². The molecule has 0 saturated carbocycles. The molecule has 0 spiro atoms. The molecule has 1 saturated heterocycles. The van der Waals surface area contributed by atoms with E-state index in [0.29, 0.717) is 19.8 Å². The van der Waals surface area contributed by atoms with Crippen molar-refractivity contribution >= 4 is 5.91 Å². The van der Waals surface area contributed by atoms with Crippen LogP contribution in [0.5, 0.6) is 0 Å². The van der Waals surface area contributed by atoms with Gasteiger partial charge in [0.25, 0.3) is 5.91 Å². The summed E-state index contributed by atoms with van der Waals surface area (Å²) in [4.78, 5) is 13.7. The van der Waals surface area contributed by atoms with Crippen molar-refractivity contribution in [3.63, 3.8) is 0 Å². The second-order valence-corrected chi connectivity index (χ2v) is 3.55. The maximum absolute atomic E-state index is 11.8. The molecule has 2 unspecified atom stereocenters. The number of hydrogen-bond donors (Lipinski definition) is 0. The summed E-state index contributed by atoms with van der Waals surface area (Å²) in [6, 6.07) is 0.217. The normalized spacial score (nSPS) is 24.8. The number of carbonyl (C=O) groups is 1. The molecule has 1 aliphatic rings. The maximum atomic E-state index is 11.8. The predicted octanol–water partition coefficient (Wildman–Crippen LogP) is 0.659. The SMILES string of the molecule is CCC1COCCN1C(=O)C(C)OC. The summed E-state index contributed by atoms with van der Waals surface area (Å²) in [5, 5.41) is 0. The van der Waals surface area contributed by atoms with Crippen LogP contribution in [0.25, 0.3) is 0 Å². The smallest absolute Gasteiger partial charge is 0.251 e. The third-order valence-corrected chi connectivity index (χ3v) is 2.68. The molecule has 1 aliphatic heterocycles. The molecule has 1 rings (SSSR count). The number of ether oxygens (including phenoxy) is 2. The summed E-state index contributed by atoms with van der Waals surface area (Å²) in [5.41, 5.74) is 0. The van der Waals surface area contributed by atoms with Crippen molar-refractivity contribution in [3.05, 3.63) is 0 Å². The largest absolute Gasteiger partial charge is 0.377 e. The van der Waals surface area contributed by atoms with Crippen molar-refractivity contribution in [1.82, 2.24) is 4.90 Å². The Kier molecular flexibility index (Phi) is 4.35. The molecule has 4 heteroatoms. The summed E-state index contributed by atoms with van der Waals surface area (Å²) < 4.78 is 10.4. The van der Waals surface area contributed by atoms with Crippen molar-refractivity contribution in [2.24, 2.45) is 0 Å². The Balaban J connectivity index is 2.58. The molecule has 0 aromatic heterocycles. The van der Waals surface area contributed by atoms with Crippen LogP contribution in [0.2, 0.25) is 0 Å². The van der Waals surface area contributed by atoms with E-state index in [9.17, 15) is 4.79 Å². The van der Waals surface area contributed by atoms with Crippen LogP contribution in [0.1, 0.15) is 20.3 Å². The highest BCUT2D eigenvalue weighted by molar-refractivity contribution is 5.80. The summed E-state index contributed by atoms with van der Waals surface area (Å²) in [6.45, 7) is 5.82. The van der Waals surface area contributed by atoms with Crippen LogP contribution in [-0.2, 0) is 14.3 Å². The number of rotatable bonds is 3. The molecule has 14 heavy (non-hydrogen) atoms. The molecule has 0 N–H and O–H groups in total. The highest BCUT2D eigenvalue weighted by Gasteiger charge is 2.28. The lowest BCUT2D eigenvalue weighted by Crippen LogP contribution is -2.51. The molecule has 4 nitrogen and oxygen atoms in total. The highest BCUT2D eigenvalue weighted by Crippen LogP contribution is 2.12. The lowest BCUT2D eigenvalue weighted by molar-refractivity contribution is -0.149. The Bertz CT molecular complexity index is 196. The number of hydrogen-bond acceptors (Lipinski definition) is 3. The van der Waals surface area contributed by atoms with E-state index in [-0.39, 0.29) is 18.1 Å². The second kappa shape index (κ2) is 5.32. The summed E-state index contributed by atoms with van der Waals surface area (Å²) >= 11 is 0. The van der Waals surface area contributed by atoms with Gasteiger partial charge in [0.1, 0.15) is 6.10 Å². The number of methoxy groups -OCH3 is 1. The van der Waals surface area contributed by atoms with E-state index < -0.39 is 0 Å². The van der Waals surface area contributed by atoms with E-state index >= 15 is 0 Å². The first-order chi connectivity index (χ1) is 6.70. The number of amides is 1. The third-order valence-electron chi connectivity index (χ3n) is 2.68. The number of carbonyl (C=O) groups excluding carboxylic acids is 1. The molecule has 0 bridgehead atoms. The van der Waals surface area contributed by atoms with Crippen molar-refractivity contribution < 1.29 is 14.3 Å². The van der Waals surface area contributed by atoms with Gasteiger partial charge in [0.2, 0.25) is 0 Å². The average molecular weight is 201 g/mol. The molecule has 0 aliphatic carbocycles. The monoisotopic (exact) mass is 201 g/mol. The lowest BCUT2D eigenvalue weighted by atomic mass is 10.1. The van der Waals surface area contributed by atoms with E-state index in [1.807, 2.05) is 4.90 Å². The number of morpholine rings is 1. The summed E-state index contributed by atoms with van der Waals surface area (Å²) in [7, 11) is 1.56. The highest BCUT2D eigenvalue weighted by atomic mass is 16.5. The number of nitrogens with zero attached hydrogens (tertiary/aromatic N) is 1. The molecule has 82 valence electrons. The van der Waals surface area contributed by atoms with Crippen LogP contribution in [0.4, 0.5) is 0 Å². The standard InChI is InChI=1S/C10H19NO3/c1-4-9-7-14-6-5-11(9)10(12)8(2)13-3/h8-9H,4-7H2,1-3H3. The Labute approximate surface area is 85.2 Å². The Morgan fingerprint density at radius 3 is 3.00 bits per heavy atom. The fourth-order valence-electron chi connectivity index (χ4n) is 1.62. The van der Waals surface area contributed by atoms with Gasteiger partial charge in [-0.2, -0.15) is 0 Å². The van der Waals surface area contributed by atoms with Gasteiger partial charge in [-0.05, 0) is 13.3 Å². The zero-order chi connectivity index (χ0) is 10.6. The van der Waals surface area contributed by atoms with Gasteiger partial charge in [-0.1, -0.05) is 6.92 Å². The minimum absolute atomic E-state index is 0.0719. The van der Waals surface area contributed by atoms with Gasteiger partial charge in [0.05, 0.1) is 19.3 Å². The van der Waals surface area contributed by atoms with Crippen LogP contribution < -0.4 is 0 Å². The van der Waals surface area contributed by atoms with Gasteiger partial charge >= 0.3 is 0 Å². The Morgan fingerprint density at radius 2 is 2.43 bits per heavy atom. The van der Waals surface area contributed by atoms with Crippen molar-refractivity contribution in [2.75, 3.05) is 26.9 Å². The van der Waals surface area contributed by atoms with Crippen LogP contribution in [0.15, 0.2) is 0 Å². The fraction of sp³-hybridized carbons (Fsp3) is 0.900. The van der Waals surface area contributed by atoms with Gasteiger partial charge in [-0.3, -0.25) is 4.79 Å². The Morgan fingerprint density at radius 1 is 1.71 bits per heavy atom. The minimum Gasteiger partial charge on any atom is -0.377 e. The van der Waals surface area contributed by atoms with Crippen molar-refractivity contribution in [2.45, 2.75) is 32.4 Å². The molecule has 2 atom stereocenters. The molecule has 1 amide bonds. The third kappa shape index (κ3) is 2.45.